The van der Waals surface area contributed by atoms with Crippen molar-refractivity contribution in [3.63, 3.8) is 0 Å². The predicted molar refractivity (Wildman–Crippen MR) is 112 cm³/mol. The van der Waals surface area contributed by atoms with E-state index in [9.17, 15) is 0 Å². The minimum absolute atomic E-state index is 0. The number of benzene rings is 1. The number of hydrogen-bond donors (Lipinski definition) is 2. The zero-order valence-corrected chi connectivity index (χ0v) is 17.3. The summed E-state index contributed by atoms with van der Waals surface area (Å²) in [7, 11) is 0. The van der Waals surface area contributed by atoms with Crippen LogP contribution >= 0.6 is 39.9 Å². The topological polar surface area (TPSA) is 53.6 Å². The van der Waals surface area contributed by atoms with Crippen molar-refractivity contribution in [2.24, 2.45) is 16.6 Å². The van der Waals surface area contributed by atoms with E-state index in [-0.39, 0.29) is 24.0 Å². The van der Waals surface area contributed by atoms with Gasteiger partial charge >= 0.3 is 0 Å². The largest absolute Gasteiger partial charge is 0.371 e. The Morgan fingerprint density at radius 2 is 1.91 bits per heavy atom. The zero-order chi connectivity index (χ0) is 15.4. The molecule has 0 aromatic heterocycles. The second kappa shape index (κ2) is 9.11. The van der Waals surface area contributed by atoms with Crippen LogP contribution in [0, 0.1) is 5.92 Å². The Morgan fingerprint density at radius 3 is 2.61 bits per heavy atom. The van der Waals surface area contributed by atoms with E-state index in [1.165, 1.54) is 37.8 Å². The molecular weight excluding hydrogens is 467 g/mol. The summed E-state index contributed by atoms with van der Waals surface area (Å²) in [5, 5.41) is 3.36. The average Bonchev–Trinajstić information content (AvgIpc) is 3.17. The lowest BCUT2D eigenvalue weighted by atomic mass is 10.1. The van der Waals surface area contributed by atoms with E-state index >= 15 is 0 Å². The maximum Gasteiger partial charge on any atom is 0.188 e. The fourth-order valence-electron chi connectivity index (χ4n) is 3.42. The molecule has 0 bridgehead atoms. The molecule has 1 saturated heterocycles. The standard InChI is InChI=1S/C17H25BrN4.HI/c18-14-5-7-16(8-6-14)22-10-9-13(12-22)11-20-17(19)21-15-3-1-2-4-15;/h5-8,13,15H,1-4,9-12H2,(H3,19,20,21);1H. The Balaban J connectivity index is 0.00000192. The SMILES string of the molecule is I.NC(=NCC1CCN(c2ccc(Br)cc2)C1)NC1CCCC1. The molecule has 2 fully saturated rings. The van der Waals surface area contributed by atoms with Crippen molar-refractivity contribution >= 4 is 51.6 Å². The Kier molecular flexibility index (Phi) is 7.46. The third kappa shape index (κ3) is 5.52. The number of nitrogens with zero attached hydrogens (tertiary/aromatic N) is 2. The van der Waals surface area contributed by atoms with Gasteiger partial charge in [-0.3, -0.25) is 4.99 Å². The molecule has 1 heterocycles. The Morgan fingerprint density at radius 1 is 1.22 bits per heavy atom. The van der Waals surface area contributed by atoms with E-state index in [1.807, 2.05) is 0 Å². The number of nitrogens with one attached hydrogen (secondary N) is 1. The molecule has 1 aromatic carbocycles. The van der Waals surface area contributed by atoms with Crippen LogP contribution in [0.5, 0.6) is 0 Å². The van der Waals surface area contributed by atoms with E-state index in [4.69, 9.17) is 5.73 Å². The second-order valence-corrected chi connectivity index (χ2v) is 7.34. The molecule has 6 heteroatoms. The highest BCUT2D eigenvalue weighted by atomic mass is 127. The van der Waals surface area contributed by atoms with E-state index < -0.39 is 0 Å². The predicted octanol–water partition coefficient (Wildman–Crippen LogP) is 3.74. The van der Waals surface area contributed by atoms with Gasteiger partial charge in [-0.1, -0.05) is 28.8 Å². The van der Waals surface area contributed by atoms with Crippen molar-refractivity contribution < 1.29 is 0 Å². The summed E-state index contributed by atoms with van der Waals surface area (Å²) in [6, 6.07) is 9.10. The van der Waals surface area contributed by atoms with E-state index in [2.05, 4.69) is 55.4 Å². The number of rotatable bonds is 4. The first-order valence-electron chi connectivity index (χ1n) is 8.27. The molecule has 0 spiro atoms. The van der Waals surface area contributed by atoms with Crippen LogP contribution in [0.4, 0.5) is 5.69 Å². The summed E-state index contributed by atoms with van der Waals surface area (Å²) >= 11 is 3.49. The van der Waals surface area contributed by atoms with E-state index in [0.717, 1.165) is 24.1 Å². The van der Waals surface area contributed by atoms with Gasteiger partial charge in [-0.15, -0.1) is 24.0 Å². The molecule has 3 N–H and O–H groups in total. The van der Waals surface area contributed by atoms with Crippen LogP contribution in [0.25, 0.3) is 0 Å². The van der Waals surface area contributed by atoms with Crippen molar-refractivity contribution in [2.45, 2.75) is 38.1 Å². The number of halogens is 2. The van der Waals surface area contributed by atoms with Crippen LogP contribution in [-0.2, 0) is 0 Å². The van der Waals surface area contributed by atoms with Crippen molar-refractivity contribution in [3.8, 4) is 0 Å². The molecule has 2 aliphatic rings. The van der Waals surface area contributed by atoms with Crippen LogP contribution in [0.15, 0.2) is 33.7 Å². The number of guanidine groups is 1. The molecule has 1 aromatic rings. The van der Waals surface area contributed by atoms with Gasteiger partial charge in [0.05, 0.1) is 0 Å². The van der Waals surface area contributed by atoms with Gasteiger partial charge in [-0.25, -0.2) is 0 Å². The summed E-state index contributed by atoms with van der Waals surface area (Å²) in [4.78, 5) is 7.00. The summed E-state index contributed by atoms with van der Waals surface area (Å²) < 4.78 is 1.13. The minimum atomic E-state index is 0. The smallest absolute Gasteiger partial charge is 0.188 e. The molecule has 0 amide bonds. The van der Waals surface area contributed by atoms with Crippen molar-refractivity contribution in [1.29, 1.82) is 0 Å². The van der Waals surface area contributed by atoms with Crippen LogP contribution in [-0.4, -0.2) is 31.6 Å². The Bertz CT molecular complexity index is 514. The Hall–Kier alpha value is -0.500. The third-order valence-corrected chi connectivity index (χ3v) is 5.23. The van der Waals surface area contributed by atoms with Crippen molar-refractivity contribution in [1.82, 2.24) is 5.32 Å². The van der Waals surface area contributed by atoms with Gasteiger partial charge < -0.3 is 16.0 Å². The lowest BCUT2D eigenvalue weighted by Gasteiger charge is -2.18. The first kappa shape index (κ1) is 18.8. The van der Waals surface area contributed by atoms with Gasteiger partial charge in [0.15, 0.2) is 5.96 Å². The van der Waals surface area contributed by atoms with Gasteiger partial charge in [0.2, 0.25) is 0 Å². The van der Waals surface area contributed by atoms with E-state index in [0.29, 0.717) is 17.9 Å². The number of hydrogen-bond acceptors (Lipinski definition) is 2. The molecule has 128 valence electrons. The molecule has 1 unspecified atom stereocenters. The molecule has 23 heavy (non-hydrogen) atoms. The summed E-state index contributed by atoms with van der Waals surface area (Å²) in [6.07, 6.45) is 6.29. The van der Waals surface area contributed by atoms with Gasteiger partial charge in [0.1, 0.15) is 0 Å². The van der Waals surface area contributed by atoms with Crippen LogP contribution in [0.3, 0.4) is 0 Å². The summed E-state index contributed by atoms with van der Waals surface area (Å²) in [6.45, 7) is 3.01. The highest BCUT2D eigenvalue weighted by molar-refractivity contribution is 14.0. The van der Waals surface area contributed by atoms with Crippen molar-refractivity contribution in [3.05, 3.63) is 28.7 Å². The maximum atomic E-state index is 6.01. The molecular formula is C17H26BrIN4. The van der Waals surface area contributed by atoms with Crippen molar-refractivity contribution in [2.75, 3.05) is 24.5 Å². The third-order valence-electron chi connectivity index (χ3n) is 4.70. The molecule has 1 atom stereocenters. The molecule has 1 saturated carbocycles. The summed E-state index contributed by atoms with van der Waals surface area (Å²) in [5.41, 5.74) is 7.31. The van der Waals surface area contributed by atoms with Gasteiger partial charge in [0, 0.05) is 35.8 Å². The van der Waals surface area contributed by atoms with Crippen LogP contribution in [0.2, 0.25) is 0 Å². The highest BCUT2D eigenvalue weighted by Gasteiger charge is 2.22. The lowest BCUT2D eigenvalue weighted by Crippen LogP contribution is -2.38. The fraction of sp³-hybridized carbons (Fsp3) is 0.588. The maximum absolute atomic E-state index is 6.01. The summed E-state index contributed by atoms with van der Waals surface area (Å²) in [5.74, 6) is 1.24. The second-order valence-electron chi connectivity index (χ2n) is 6.43. The molecule has 0 radical (unpaired) electrons. The van der Waals surface area contributed by atoms with Crippen LogP contribution in [0.1, 0.15) is 32.1 Å². The quantitative estimate of drug-likeness (QED) is 0.382. The molecule has 1 aliphatic carbocycles. The fourth-order valence-corrected chi connectivity index (χ4v) is 3.68. The first-order chi connectivity index (χ1) is 10.7. The van der Waals surface area contributed by atoms with Gasteiger partial charge in [0.25, 0.3) is 0 Å². The van der Waals surface area contributed by atoms with Crippen LogP contribution < -0.4 is 16.0 Å². The zero-order valence-electron chi connectivity index (χ0n) is 13.4. The minimum Gasteiger partial charge on any atom is -0.371 e. The van der Waals surface area contributed by atoms with E-state index in [1.54, 1.807) is 0 Å². The number of nitrogens with two attached hydrogens (primary N) is 1. The monoisotopic (exact) mass is 492 g/mol. The van der Waals surface area contributed by atoms with Gasteiger partial charge in [-0.05, 0) is 49.4 Å². The first-order valence-corrected chi connectivity index (χ1v) is 9.07. The molecule has 4 nitrogen and oxygen atoms in total. The lowest BCUT2D eigenvalue weighted by molar-refractivity contribution is 0.590. The normalized spacial score (nSPS) is 22.2. The molecule has 1 aliphatic heterocycles. The highest BCUT2D eigenvalue weighted by Crippen LogP contribution is 2.25. The Labute approximate surface area is 164 Å². The number of anilines is 1. The van der Waals surface area contributed by atoms with Gasteiger partial charge in [-0.2, -0.15) is 0 Å². The number of aliphatic imine (C=N–C) groups is 1. The average molecular weight is 493 g/mol. The molecule has 3 rings (SSSR count).